The number of para-hydroxylation sites is 1. The Labute approximate surface area is 173 Å². The molecule has 0 bridgehead atoms. The van der Waals surface area contributed by atoms with Crippen molar-refractivity contribution >= 4 is 16.7 Å². The van der Waals surface area contributed by atoms with Crippen LogP contribution in [0.15, 0.2) is 65.6 Å². The van der Waals surface area contributed by atoms with E-state index in [1.165, 1.54) is 6.07 Å². The summed E-state index contributed by atoms with van der Waals surface area (Å²) in [6.07, 6.45) is 4.47. The summed E-state index contributed by atoms with van der Waals surface area (Å²) in [6.45, 7) is 2.64. The van der Waals surface area contributed by atoms with Crippen LogP contribution in [0, 0.1) is 10.1 Å². The molecule has 0 aliphatic heterocycles. The summed E-state index contributed by atoms with van der Waals surface area (Å²) in [6, 6.07) is 16.2. The van der Waals surface area contributed by atoms with Crippen LogP contribution >= 0.6 is 0 Å². The molecule has 2 heterocycles. The molecule has 0 aliphatic carbocycles. The van der Waals surface area contributed by atoms with Gasteiger partial charge < -0.3 is 9.55 Å². The zero-order valence-electron chi connectivity index (χ0n) is 16.7. The Morgan fingerprint density at radius 3 is 2.60 bits per heavy atom. The number of nitrogens with one attached hydrogen (secondary N) is 1. The number of hydrogen-bond acceptors (Lipinski definition) is 4. The lowest BCUT2D eigenvalue weighted by Crippen LogP contribution is -2.13. The molecular weight excluding hydrogens is 380 g/mol. The van der Waals surface area contributed by atoms with Gasteiger partial charge in [-0.05, 0) is 29.7 Å². The normalized spacial score (nSPS) is 11.1. The molecule has 152 valence electrons. The lowest BCUT2D eigenvalue weighted by molar-refractivity contribution is -0.384. The molecule has 1 N–H and O–H groups in total. The highest BCUT2D eigenvalue weighted by Gasteiger charge is 2.16. The highest BCUT2D eigenvalue weighted by atomic mass is 16.6. The number of imidazole rings is 1. The quantitative estimate of drug-likeness (QED) is 0.358. The van der Waals surface area contributed by atoms with Gasteiger partial charge >= 0.3 is 0 Å². The van der Waals surface area contributed by atoms with Crippen LogP contribution in [0.5, 0.6) is 0 Å². The number of rotatable bonds is 7. The number of nitro benzene ring substituents is 1. The zero-order valence-corrected chi connectivity index (χ0v) is 16.7. The first-order valence-electron chi connectivity index (χ1n) is 9.98. The summed E-state index contributed by atoms with van der Waals surface area (Å²) in [4.78, 5) is 30.8. The molecule has 7 nitrogen and oxygen atoms in total. The van der Waals surface area contributed by atoms with Gasteiger partial charge in [0, 0.05) is 25.2 Å². The van der Waals surface area contributed by atoms with E-state index in [4.69, 9.17) is 0 Å². The molecule has 0 amide bonds. The van der Waals surface area contributed by atoms with Gasteiger partial charge in [-0.25, -0.2) is 4.98 Å². The first kappa shape index (κ1) is 19.6. The number of nitrogens with zero attached hydrogens (tertiary/aromatic N) is 3. The first-order chi connectivity index (χ1) is 14.6. The van der Waals surface area contributed by atoms with Crippen LogP contribution in [-0.4, -0.2) is 19.5 Å². The Balaban J connectivity index is 1.70. The smallest absolute Gasteiger partial charge is 0.277 e. The zero-order chi connectivity index (χ0) is 21.1. The summed E-state index contributed by atoms with van der Waals surface area (Å²) in [5.74, 6) is 0.895. The van der Waals surface area contributed by atoms with Crippen molar-refractivity contribution in [2.45, 2.75) is 32.7 Å². The summed E-state index contributed by atoms with van der Waals surface area (Å²) in [5.41, 5.74) is 3.57. The molecule has 0 saturated carbocycles. The van der Waals surface area contributed by atoms with E-state index in [-0.39, 0.29) is 16.2 Å². The second kappa shape index (κ2) is 8.32. The Bertz CT molecular complexity index is 1260. The van der Waals surface area contributed by atoms with Crippen molar-refractivity contribution in [1.29, 1.82) is 0 Å². The van der Waals surface area contributed by atoms with Gasteiger partial charge in [-0.2, -0.15) is 0 Å². The molecule has 7 heteroatoms. The van der Waals surface area contributed by atoms with Gasteiger partial charge in [0.05, 0.1) is 16.0 Å². The Kier molecular flexibility index (Phi) is 5.43. The van der Waals surface area contributed by atoms with Crippen molar-refractivity contribution in [3.8, 4) is 11.1 Å². The second-order valence-electron chi connectivity index (χ2n) is 7.23. The molecule has 30 heavy (non-hydrogen) atoms. The third-order valence-corrected chi connectivity index (χ3v) is 5.20. The van der Waals surface area contributed by atoms with Crippen LogP contribution in [0.25, 0.3) is 22.2 Å². The van der Waals surface area contributed by atoms with Gasteiger partial charge in [0.2, 0.25) is 0 Å². The van der Waals surface area contributed by atoms with E-state index >= 15 is 0 Å². The maximum absolute atomic E-state index is 12.4. The average Bonchev–Trinajstić information content (AvgIpc) is 3.11. The van der Waals surface area contributed by atoms with E-state index in [9.17, 15) is 14.9 Å². The van der Waals surface area contributed by atoms with Crippen molar-refractivity contribution in [3.05, 3.63) is 92.7 Å². The fourth-order valence-corrected chi connectivity index (χ4v) is 3.68. The maximum atomic E-state index is 12.4. The van der Waals surface area contributed by atoms with Crippen molar-refractivity contribution in [2.24, 2.45) is 0 Å². The Hall–Kier alpha value is -3.74. The number of aromatic amines is 1. The van der Waals surface area contributed by atoms with E-state index in [1.807, 2.05) is 34.9 Å². The monoisotopic (exact) mass is 402 g/mol. The fraction of sp³-hybridized carbons (Fsp3) is 0.217. The summed E-state index contributed by atoms with van der Waals surface area (Å²) in [5, 5.41) is 11.3. The molecule has 0 aliphatic rings. The molecule has 0 spiro atoms. The third-order valence-electron chi connectivity index (χ3n) is 5.20. The molecule has 0 atom stereocenters. The van der Waals surface area contributed by atoms with Crippen molar-refractivity contribution in [1.82, 2.24) is 14.5 Å². The highest BCUT2D eigenvalue weighted by molar-refractivity contribution is 5.75. The third kappa shape index (κ3) is 3.74. The minimum absolute atomic E-state index is 0.0826. The SMILES string of the molecule is CCCCc1nc2cc[nH]c(=O)c2n1Cc1ccc(-c2ccccc2[N+](=O)[O-])cc1. The minimum Gasteiger partial charge on any atom is -0.327 e. The number of unbranched alkanes of at least 4 members (excludes halogenated alkanes) is 1. The lowest BCUT2D eigenvalue weighted by atomic mass is 10.0. The summed E-state index contributed by atoms with van der Waals surface area (Å²) < 4.78 is 1.98. The number of nitro groups is 1. The fourth-order valence-electron chi connectivity index (χ4n) is 3.68. The van der Waals surface area contributed by atoms with E-state index in [1.54, 1.807) is 24.4 Å². The van der Waals surface area contributed by atoms with Gasteiger partial charge in [0.25, 0.3) is 11.2 Å². The predicted octanol–water partition coefficient (Wildman–Crippen LogP) is 4.69. The topological polar surface area (TPSA) is 93.8 Å². The number of hydrogen-bond donors (Lipinski definition) is 1. The molecule has 0 unspecified atom stereocenters. The number of aromatic nitrogens is 3. The number of fused-ring (bicyclic) bond motifs is 1. The molecule has 4 aromatic rings. The molecule has 4 rings (SSSR count). The van der Waals surface area contributed by atoms with E-state index in [2.05, 4.69) is 16.9 Å². The van der Waals surface area contributed by atoms with Gasteiger partial charge in [0.1, 0.15) is 11.3 Å². The van der Waals surface area contributed by atoms with Crippen LogP contribution < -0.4 is 5.56 Å². The molecular formula is C23H22N4O3. The van der Waals surface area contributed by atoms with Gasteiger partial charge in [-0.1, -0.05) is 49.7 Å². The van der Waals surface area contributed by atoms with Crippen molar-refractivity contribution in [3.63, 3.8) is 0 Å². The summed E-state index contributed by atoms with van der Waals surface area (Å²) in [7, 11) is 0. The average molecular weight is 402 g/mol. The standard InChI is InChI=1S/C23H22N4O3/c1-2-3-8-21-25-19-13-14-24-23(28)22(19)26(21)15-16-9-11-17(12-10-16)18-6-4-5-7-20(18)27(29)30/h4-7,9-14H,2-3,8,15H2,1H3,(H,24,28). The molecule has 0 saturated heterocycles. The van der Waals surface area contributed by atoms with Gasteiger partial charge in [-0.3, -0.25) is 14.9 Å². The van der Waals surface area contributed by atoms with Crippen LogP contribution in [0.2, 0.25) is 0 Å². The molecule has 2 aromatic carbocycles. The van der Waals surface area contributed by atoms with Crippen molar-refractivity contribution < 1.29 is 4.92 Å². The highest BCUT2D eigenvalue weighted by Crippen LogP contribution is 2.29. The minimum atomic E-state index is -0.368. The van der Waals surface area contributed by atoms with Crippen LogP contribution in [-0.2, 0) is 13.0 Å². The Morgan fingerprint density at radius 1 is 1.10 bits per heavy atom. The predicted molar refractivity (Wildman–Crippen MR) is 117 cm³/mol. The van der Waals surface area contributed by atoms with Crippen molar-refractivity contribution in [2.75, 3.05) is 0 Å². The number of pyridine rings is 1. The Morgan fingerprint density at radius 2 is 1.87 bits per heavy atom. The molecule has 0 fully saturated rings. The van der Waals surface area contributed by atoms with Crippen LogP contribution in [0.1, 0.15) is 31.2 Å². The first-order valence-corrected chi connectivity index (χ1v) is 9.98. The largest absolute Gasteiger partial charge is 0.327 e. The van der Waals surface area contributed by atoms with Crippen LogP contribution in [0.3, 0.4) is 0 Å². The van der Waals surface area contributed by atoms with Gasteiger partial charge in [-0.15, -0.1) is 0 Å². The van der Waals surface area contributed by atoms with E-state index in [0.29, 0.717) is 23.1 Å². The molecule has 0 radical (unpaired) electrons. The lowest BCUT2D eigenvalue weighted by Gasteiger charge is -2.10. The number of H-pyrrole nitrogens is 1. The van der Waals surface area contributed by atoms with Gasteiger partial charge in [0.15, 0.2) is 0 Å². The van der Waals surface area contributed by atoms with E-state index in [0.717, 1.165) is 36.2 Å². The number of aryl methyl sites for hydroxylation is 1. The van der Waals surface area contributed by atoms with Crippen LogP contribution in [0.4, 0.5) is 5.69 Å². The number of benzene rings is 2. The maximum Gasteiger partial charge on any atom is 0.277 e. The van der Waals surface area contributed by atoms with E-state index < -0.39 is 0 Å². The second-order valence-corrected chi connectivity index (χ2v) is 7.23. The molecule has 2 aromatic heterocycles. The summed E-state index contributed by atoms with van der Waals surface area (Å²) >= 11 is 0.